The van der Waals surface area contributed by atoms with Crippen molar-refractivity contribution in [1.29, 1.82) is 0 Å². The van der Waals surface area contributed by atoms with Crippen LogP contribution in [0.1, 0.15) is 28.2 Å². The number of azide groups is 1. The molecule has 0 radical (unpaired) electrons. The lowest BCUT2D eigenvalue weighted by atomic mass is 9.98. The van der Waals surface area contributed by atoms with Crippen LogP contribution in [0.2, 0.25) is 0 Å². The molecule has 1 saturated heterocycles. The highest BCUT2D eigenvalue weighted by Gasteiger charge is 2.30. The molecule has 1 heterocycles. The van der Waals surface area contributed by atoms with Crippen molar-refractivity contribution in [2.24, 2.45) is 5.11 Å². The number of benzene rings is 3. The first-order chi connectivity index (χ1) is 17.0. The maximum Gasteiger partial charge on any atom is 0.409 e. The minimum absolute atomic E-state index is 0.0642. The Balaban J connectivity index is 1.19. The third-order valence-corrected chi connectivity index (χ3v) is 7.24. The summed E-state index contributed by atoms with van der Waals surface area (Å²) in [6, 6.07) is 20.5. The molecule has 5 rings (SSSR count). The molecule has 1 aliphatic carbocycles. The molecule has 3 aromatic rings. The molecule has 35 heavy (non-hydrogen) atoms. The van der Waals surface area contributed by atoms with Gasteiger partial charge >= 0.3 is 6.09 Å². The normalized spacial score (nSPS) is 15.3. The number of carbonyl (C=O) groups excluding carboxylic acids is 1. The predicted molar refractivity (Wildman–Crippen MR) is 139 cm³/mol. The third-order valence-electron chi connectivity index (χ3n) is 6.99. The summed E-state index contributed by atoms with van der Waals surface area (Å²) in [4.78, 5) is 20.7. The summed E-state index contributed by atoms with van der Waals surface area (Å²) < 4.78 is 5.82. The quantitative estimate of drug-likeness (QED) is 0.199. The van der Waals surface area contributed by atoms with E-state index in [1.807, 2.05) is 25.1 Å². The van der Waals surface area contributed by atoms with E-state index in [0.29, 0.717) is 31.9 Å². The first-order valence-corrected chi connectivity index (χ1v) is 12.2. The Morgan fingerprint density at radius 2 is 1.69 bits per heavy atom. The lowest BCUT2D eigenvalue weighted by Crippen LogP contribution is -2.48. The Kier molecular flexibility index (Phi) is 6.68. The molecule has 1 amide bonds. The first kappa shape index (κ1) is 23.3. The zero-order valence-corrected chi connectivity index (χ0v) is 20.5. The number of nitrogens with zero attached hydrogens (tertiary/aromatic N) is 5. The maximum absolute atomic E-state index is 12.9. The first-order valence-electron chi connectivity index (χ1n) is 11.7. The number of rotatable bonds is 5. The van der Waals surface area contributed by atoms with E-state index < -0.39 is 0 Å². The molecule has 0 N–H and O–H groups in total. The van der Waals surface area contributed by atoms with Gasteiger partial charge in [-0.05, 0) is 58.0 Å². The SMILES string of the molecule is Cc1c(CN2CCN(C(=O)OCC3c4ccccc4-c4ccccc43)CC2)cc(S)cc1N=[N+]=[N-]. The van der Waals surface area contributed by atoms with E-state index in [2.05, 4.69) is 64.0 Å². The highest BCUT2D eigenvalue weighted by Crippen LogP contribution is 2.44. The monoisotopic (exact) mass is 485 g/mol. The standard InChI is InChI=1S/C27H27N5O2S/c1-18-19(14-20(35)15-26(18)29-30-28)16-31-10-12-32(13-11-31)27(33)34-17-25-23-8-4-2-6-21(23)22-7-3-5-9-24(22)25/h2-9,14-15,25,35H,10-13,16-17H2,1H3. The van der Waals surface area contributed by atoms with Crippen molar-refractivity contribution in [3.05, 3.63) is 93.4 Å². The van der Waals surface area contributed by atoms with E-state index in [1.165, 1.54) is 22.3 Å². The molecular weight excluding hydrogens is 458 g/mol. The van der Waals surface area contributed by atoms with Crippen LogP contribution in [0.3, 0.4) is 0 Å². The van der Waals surface area contributed by atoms with E-state index in [1.54, 1.807) is 11.0 Å². The molecule has 0 unspecified atom stereocenters. The van der Waals surface area contributed by atoms with Crippen LogP contribution in [0.15, 0.2) is 70.7 Å². The van der Waals surface area contributed by atoms with Gasteiger partial charge in [-0.3, -0.25) is 4.90 Å². The molecule has 178 valence electrons. The number of ether oxygens (including phenoxy) is 1. The van der Waals surface area contributed by atoms with E-state index in [-0.39, 0.29) is 12.0 Å². The van der Waals surface area contributed by atoms with Crippen molar-refractivity contribution in [2.75, 3.05) is 32.8 Å². The van der Waals surface area contributed by atoms with Crippen molar-refractivity contribution < 1.29 is 9.53 Å². The van der Waals surface area contributed by atoms with Crippen molar-refractivity contribution in [3.8, 4) is 11.1 Å². The summed E-state index contributed by atoms with van der Waals surface area (Å²) in [7, 11) is 0. The van der Waals surface area contributed by atoms with Gasteiger partial charge in [0.15, 0.2) is 0 Å². The van der Waals surface area contributed by atoms with Gasteiger partial charge in [0.05, 0.1) is 0 Å². The van der Waals surface area contributed by atoms with E-state index in [4.69, 9.17) is 10.3 Å². The van der Waals surface area contributed by atoms with Crippen LogP contribution in [-0.4, -0.2) is 48.7 Å². The van der Waals surface area contributed by atoms with Crippen LogP contribution in [0.5, 0.6) is 0 Å². The fraction of sp³-hybridized carbons (Fsp3) is 0.296. The van der Waals surface area contributed by atoms with Crippen LogP contribution in [0.25, 0.3) is 21.6 Å². The minimum Gasteiger partial charge on any atom is -0.448 e. The lowest BCUT2D eigenvalue weighted by molar-refractivity contribution is 0.0728. The van der Waals surface area contributed by atoms with Crippen LogP contribution in [-0.2, 0) is 11.3 Å². The molecule has 0 spiro atoms. The van der Waals surface area contributed by atoms with Crippen LogP contribution >= 0.6 is 12.6 Å². The highest BCUT2D eigenvalue weighted by atomic mass is 32.1. The number of thiol groups is 1. The van der Waals surface area contributed by atoms with E-state index in [9.17, 15) is 4.79 Å². The predicted octanol–water partition coefficient (Wildman–Crippen LogP) is 6.29. The fourth-order valence-electron chi connectivity index (χ4n) is 5.07. The number of fused-ring (bicyclic) bond motifs is 3. The summed E-state index contributed by atoms with van der Waals surface area (Å²) in [5.74, 6) is 0.0642. The fourth-order valence-corrected chi connectivity index (χ4v) is 5.35. The maximum atomic E-state index is 12.9. The average Bonchev–Trinajstić information content (AvgIpc) is 3.19. The van der Waals surface area contributed by atoms with Gasteiger partial charge in [-0.15, -0.1) is 12.6 Å². The molecule has 3 aromatic carbocycles. The molecule has 0 atom stereocenters. The zero-order chi connectivity index (χ0) is 24.4. The van der Waals surface area contributed by atoms with Gasteiger partial charge in [-0.2, -0.15) is 0 Å². The molecule has 0 bridgehead atoms. The van der Waals surface area contributed by atoms with Crippen LogP contribution < -0.4 is 0 Å². The van der Waals surface area contributed by atoms with Gasteiger partial charge in [0.25, 0.3) is 0 Å². The molecule has 1 aliphatic heterocycles. The van der Waals surface area contributed by atoms with Crippen LogP contribution in [0, 0.1) is 6.92 Å². The molecule has 0 saturated carbocycles. The Morgan fingerprint density at radius 3 is 2.31 bits per heavy atom. The second kappa shape index (κ2) is 10.0. The second-order valence-electron chi connectivity index (χ2n) is 9.01. The zero-order valence-electron chi connectivity index (χ0n) is 19.6. The van der Waals surface area contributed by atoms with Crippen LogP contribution in [0.4, 0.5) is 10.5 Å². The summed E-state index contributed by atoms with van der Waals surface area (Å²) >= 11 is 4.45. The number of hydrogen-bond donors (Lipinski definition) is 1. The molecule has 7 nitrogen and oxygen atoms in total. The van der Waals surface area contributed by atoms with E-state index in [0.717, 1.165) is 29.1 Å². The smallest absolute Gasteiger partial charge is 0.409 e. The van der Waals surface area contributed by atoms with Crippen molar-refractivity contribution in [1.82, 2.24) is 9.80 Å². The Morgan fingerprint density at radius 1 is 1.06 bits per heavy atom. The van der Waals surface area contributed by atoms with Crippen molar-refractivity contribution >= 4 is 24.4 Å². The number of piperazine rings is 1. The molecule has 2 aliphatic rings. The summed E-state index contributed by atoms with van der Waals surface area (Å²) in [5.41, 5.74) is 16.3. The van der Waals surface area contributed by atoms with Gasteiger partial charge < -0.3 is 9.64 Å². The van der Waals surface area contributed by atoms with Crippen molar-refractivity contribution in [3.63, 3.8) is 0 Å². The average molecular weight is 486 g/mol. The Labute approximate surface area is 210 Å². The van der Waals surface area contributed by atoms with E-state index >= 15 is 0 Å². The van der Waals surface area contributed by atoms with Gasteiger partial charge in [0.1, 0.15) is 6.61 Å². The Hall–Kier alpha value is -3.45. The second-order valence-corrected chi connectivity index (χ2v) is 9.52. The Bertz CT molecular complexity index is 1270. The van der Waals surface area contributed by atoms with Gasteiger partial charge in [0, 0.05) is 54.1 Å². The van der Waals surface area contributed by atoms with Gasteiger partial charge in [-0.25, -0.2) is 4.79 Å². The molecular formula is C27H27N5O2S. The largest absolute Gasteiger partial charge is 0.448 e. The lowest BCUT2D eigenvalue weighted by Gasteiger charge is -2.34. The molecule has 1 fully saturated rings. The number of amides is 1. The van der Waals surface area contributed by atoms with Gasteiger partial charge in [0.2, 0.25) is 0 Å². The number of carbonyl (C=O) groups is 1. The summed E-state index contributed by atoms with van der Waals surface area (Å²) in [6.07, 6.45) is -0.259. The molecule has 8 heteroatoms. The number of hydrogen-bond acceptors (Lipinski definition) is 5. The highest BCUT2D eigenvalue weighted by molar-refractivity contribution is 7.80. The third kappa shape index (κ3) is 4.73. The summed E-state index contributed by atoms with van der Waals surface area (Å²) in [6.45, 7) is 5.73. The summed E-state index contributed by atoms with van der Waals surface area (Å²) in [5, 5.41) is 3.78. The topological polar surface area (TPSA) is 81.5 Å². The minimum atomic E-state index is -0.259. The molecule has 0 aromatic heterocycles. The van der Waals surface area contributed by atoms with Crippen molar-refractivity contribution in [2.45, 2.75) is 24.3 Å². The van der Waals surface area contributed by atoms with Gasteiger partial charge in [-0.1, -0.05) is 53.6 Å².